The molecule has 2 rings (SSSR count). The Morgan fingerprint density at radius 1 is 1.47 bits per heavy atom. The average molecular weight is 256 g/mol. The number of hydrogen-bond acceptors (Lipinski definition) is 5. The summed E-state index contributed by atoms with van der Waals surface area (Å²) >= 11 is 0. The SMILES string of the molecule is COC(=O)c1ncn(Cc2ccc(C#N)cc2)c1N. The van der Waals surface area contributed by atoms with Gasteiger partial charge in [0.25, 0.3) is 0 Å². The molecule has 0 aliphatic rings. The van der Waals surface area contributed by atoms with Gasteiger partial charge in [-0.1, -0.05) is 12.1 Å². The number of hydrogen-bond donors (Lipinski definition) is 1. The molecule has 19 heavy (non-hydrogen) atoms. The van der Waals surface area contributed by atoms with E-state index in [-0.39, 0.29) is 11.5 Å². The van der Waals surface area contributed by atoms with Crippen LogP contribution in [0.1, 0.15) is 21.6 Å². The summed E-state index contributed by atoms with van der Waals surface area (Å²) in [6, 6.07) is 9.16. The molecule has 0 aliphatic carbocycles. The summed E-state index contributed by atoms with van der Waals surface area (Å²) in [6.07, 6.45) is 1.49. The van der Waals surface area contributed by atoms with Crippen LogP contribution in [-0.2, 0) is 11.3 Å². The Morgan fingerprint density at radius 3 is 2.74 bits per heavy atom. The fraction of sp³-hybridized carbons (Fsp3) is 0.154. The first-order valence-corrected chi connectivity index (χ1v) is 5.53. The number of carbonyl (C=O) groups is 1. The van der Waals surface area contributed by atoms with E-state index in [1.807, 2.05) is 12.1 Å². The maximum absolute atomic E-state index is 11.4. The van der Waals surface area contributed by atoms with Gasteiger partial charge in [-0.25, -0.2) is 9.78 Å². The van der Waals surface area contributed by atoms with Crippen LogP contribution in [0.4, 0.5) is 5.82 Å². The highest BCUT2D eigenvalue weighted by Crippen LogP contribution is 2.14. The number of esters is 1. The Balaban J connectivity index is 2.22. The zero-order valence-corrected chi connectivity index (χ0v) is 10.3. The van der Waals surface area contributed by atoms with Crippen molar-refractivity contribution < 1.29 is 9.53 Å². The molecule has 0 atom stereocenters. The molecule has 0 saturated carbocycles. The van der Waals surface area contributed by atoms with E-state index in [2.05, 4.69) is 15.8 Å². The molecule has 0 unspecified atom stereocenters. The Morgan fingerprint density at radius 2 is 2.16 bits per heavy atom. The number of methoxy groups -OCH3 is 1. The van der Waals surface area contributed by atoms with Crippen molar-refractivity contribution in [2.45, 2.75) is 6.54 Å². The summed E-state index contributed by atoms with van der Waals surface area (Å²) in [5.74, 6) is -0.299. The number of rotatable bonds is 3. The van der Waals surface area contributed by atoms with E-state index >= 15 is 0 Å². The highest BCUT2D eigenvalue weighted by atomic mass is 16.5. The highest BCUT2D eigenvalue weighted by molar-refractivity contribution is 5.92. The van der Waals surface area contributed by atoms with E-state index in [9.17, 15) is 4.79 Å². The summed E-state index contributed by atoms with van der Waals surface area (Å²) in [4.78, 5) is 15.3. The second-order valence-corrected chi connectivity index (χ2v) is 3.91. The number of nitriles is 1. The van der Waals surface area contributed by atoms with E-state index in [4.69, 9.17) is 11.0 Å². The van der Waals surface area contributed by atoms with Crippen molar-refractivity contribution in [1.29, 1.82) is 5.26 Å². The van der Waals surface area contributed by atoms with Crippen LogP contribution in [0.15, 0.2) is 30.6 Å². The Labute approximate surface area is 110 Å². The zero-order chi connectivity index (χ0) is 13.8. The molecule has 96 valence electrons. The van der Waals surface area contributed by atoms with E-state index in [0.29, 0.717) is 12.1 Å². The highest BCUT2D eigenvalue weighted by Gasteiger charge is 2.15. The maximum Gasteiger partial charge on any atom is 0.360 e. The van der Waals surface area contributed by atoms with Gasteiger partial charge < -0.3 is 15.0 Å². The largest absolute Gasteiger partial charge is 0.464 e. The smallest absolute Gasteiger partial charge is 0.360 e. The van der Waals surface area contributed by atoms with Crippen molar-refractivity contribution in [3.8, 4) is 6.07 Å². The zero-order valence-electron chi connectivity index (χ0n) is 10.3. The van der Waals surface area contributed by atoms with Gasteiger partial charge >= 0.3 is 5.97 Å². The van der Waals surface area contributed by atoms with Crippen molar-refractivity contribution in [3.63, 3.8) is 0 Å². The summed E-state index contributed by atoms with van der Waals surface area (Å²) in [6.45, 7) is 0.474. The summed E-state index contributed by atoms with van der Waals surface area (Å²) in [7, 11) is 1.28. The van der Waals surface area contributed by atoms with Gasteiger partial charge in [-0.3, -0.25) is 0 Å². The lowest BCUT2D eigenvalue weighted by Crippen LogP contribution is -2.08. The van der Waals surface area contributed by atoms with Gasteiger partial charge in [-0.2, -0.15) is 5.26 Å². The van der Waals surface area contributed by atoms with Gasteiger partial charge in [0.15, 0.2) is 5.69 Å². The molecule has 0 radical (unpaired) electrons. The number of anilines is 1. The first kappa shape index (κ1) is 12.6. The minimum atomic E-state index is -0.559. The number of benzene rings is 1. The minimum Gasteiger partial charge on any atom is -0.464 e. The third-order valence-corrected chi connectivity index (χ3v) is 2.69. The lowest BCUT2D eigenvalue weighted by Gasteiger charge is -2.05. The second kappa shape index (κ2) is 5.23. The fourth-order valence-corrected chi connectivity index (χ4v) is 1.65. The van der Waals surface area contributed by atoms with Gasteiger partial charge in [0.1, 0.15) is 5.82 Å². The third-order valence-electron chi connectivity index (χ3n) is 2.69. The first-order chi connectivity index (χ1) is 9.15. The molecule has 0 fully saturated rings. The van der Waals surface area contributed by atoms with E-state index in [0.717, 1.165) is 5.56 Å². The molecule has 0 amide bonds. The van der Waals surface area contributed by atoms with Crippen molar-refractivity contribution >= 4 is 11.8 Å². The Kier molecular flexibility index (Phi) is 3.48. The van der Waals surface area contributed by atoms with Crippen LogP contribution >= 0.6 is 0 Å². The topological polar surface area (TPSA) is 93.9 Å². The second-order valence-electron chi connectivity index (χ2n) is 3.91. The van der Waals surface area contributed by atoms with Crippen LogP contribution in [0, 0.1) is 11.3 Å². The predicted molar refractivity (Wildman–Crippen MR) is 68.2 cm³/mol. The van der Waals surface area contributed by atoms with Crippen molar-refractivity contribution in [1.82, 2.24) is 9.55 Å². The molecular formula is C13H12N4O2. The standard InChI is InChI=1S/C13H12N4O2/c1-19-13(18)11-12(15)17(8-16-11)7-10-4-2-9(6-14)3-5-10/h2-5,8H,7,15H2,1H3. The maximum atomic E-state index is 11.4. The molecule has 0 bridgehead atoms. The number of ether oxygens (including phenoxy) is 1. The lowest BCUT2D eigenvalue weighted by molar-refractivity contribution is 0.0596. The van der Waals surface area contributed by atoms with Gasteiger partial charge in [0.2, 0.25) is 0 Å². The van der Waals surface area contributed by atoms with E-state index in [1.165, 1.54) is 13.4 Å². The summed E-state index contributed by atoms with van der Waals surface area (Å²) in [5, 5.41) is 8.72. The normalized spacial score (nSPS) is 9.89. The molecule has 2 aromatic rings. The molecule has 1 heterocycles. The van der Waals surface area contributed by atoms with Gasteiger partial charge in [-0.15, -0.1) is 0 Å². The number of carbonyl (C=O) groups excluding carboxylic acids is 1. The molecule has 6 nitrogen and oxygen atoms in total. The molecule has 1 aromatic heterocycles. The van der Waals surface area contributed by atoms with Crippen molar-refractivity contribution in [2.24, 2.45) is 0 Å². The number of nitrogen functional groups attached to an aromatic ring is 1. The summed E-state index contributed by atoms with van der Waals surface area (Å²) < 4.78 is 6.23. The molecule has 2 N–H and O–H groups in total. The molecule has 1 aromatic carbocycles. The Hall–Kier alpha value is -2.81. The number of imidazole rings is 1. The summed E-state index contributed by atoms with van der Waals surface area (Å²) in [5.41, 5.74) is 7.49. The van der Waals surface area contributed by atoms with Crippen LogP contribution < -0.4 is 5.73 Å². The fourth-order valence-electron chi connectivity index (χ4n) is 1.65. The molecule has 0 spiro atoms. The molecule has 0 saturated heterocycles. The van der Waals surface area contributed by atoms with Crippen LogP contribution in [0.5, 0.6) is 0 Å². The average Bonchev–Trinajstić information content (AvgIpc) is 2.80. The van der Waals surface area contributed by atoms with E-state index < -0.39 is 5.97 Å². The lowest BCUT2D eigenvalue weighted by atomic mass is 10.1. The van der Waals surface area contributed by atoms with Crippen LogP contribution in [-0.4, -0.2) is 22.6 Å². The minimum absolute atomic E-state index is 0.108. The van der Waals surface area contributed by atoms with Crippen LogP contribution in [0.2, 0.25) is 0 Å². The van der Waals surface area contributed by atoms with Crippen molar-refractivity contribution in [2.75, 3.05) is 12.8 Å². The van der Waals surface area contributed by atoms with Crippen molar-refractivity contribution in [3.05, 3.63) is 47.4 Å². The van der Waals surface area contributed by atoms with E-state index in [1.54, 1.807) is 16.7 Å². The van der Waals surface area contributed by atoms with Gasteiger partial charge in [0.05, 0.1) is 31.6 Å². The molecular weight excluding hydrogens is 244 g/mol. The molecule has 6 heteroatoms. The molecule has 0 aliphatic heterocycles. The predicted octanol–water partition coefficient (Wildman–Crippen LogP) is 1.17. The number of nitrogens with zero attached hydrogens (tertiary/aromatic N) is 3. The quantitative estimate of drug-likeness (QED) is 0.832. The monoisotopic (exact) mass is 256 g/mol. The number of nitrogens with two attached hydrogens (primary N) is 1. The van der Waals surface area contributed by atoms with Gasteiger partial charge in [0, 0.05) is 0 Å². The third kappa shape index (κ3) is 2.55. The Bertz CT molecular complexity index is 638. The number of aromatic nitrogens is 2. The van der Waals surface area contributed by atoms with Crippen LogP contribution in [0.3, 0.4) is 0 Å². The van der Waals surface area contributed by atoms with Crippen LogP contribution in [0.25, 0.3) is 0 Å². The first-order valence-electron chi connectivity index (χ1n) is 5.53. The van der Waals surface area contributed by atoms with Gasteiger partial charge in [-0.05, 0) is 17.7 Å².